The van der Waals surface area contributed by atoms with Crippen molar-refractivity contribution < 1.29 is 57.3 Å². The maximum absolute atomic E-state index is 13.4. The van der Waals surface area contributed by atoms with Gasteiger partial charge in [0.15, 0.2) is 23.1 Å². The Morgan fingerprint density at radius 1 is 0.400 bits per heavy atom. The SMILES string of the molecule is CCC[C@@H]1[C@@H]([C@H]2C(=O)C(I)=C[C@@H](OC(C)=O)[C@@H]2CCC)C(=O)C(I)=C[C@H]1OC(C)=O.CCC[C@@H]1[C@@H]([C@H]2C(=O)C(I)=C[C@@H](OC(C)=O)[C@@H]2CCC)C(=O)C(I)=C[C@H]1OC(C)=O. The quantitative estimate of drug-likeness (QED) is 0.0918. The standard InChI is InChI=1S/2C22H28I2O6/c2*1-5-7-13-17(29-11(3)25)9-15(23)21(27)19(13)20-14(8-6-2)18(30-12(4)26)10-16(24)22(20)28/h2*9-10,13-14,17-20H,5-8H2,1-4H3/t2*13-,14-,17+,18+,19-,20-/m00/s1. The Labute approximate surface area is 407 Å². The minimum atomic E-state index is -0.619. The molecular weight excluding hydrogens is 1230 g/mol. The summed E-state index contributed by atoms with van der Waals surface area (Å²) in [5.74, 6) is -5.68. The Balaban J connectivity index is 0.000000320. The van der Waals surface area contributed by atoms with Crippen LogP contribution in [0.4, 0.5) is 0 Å². The molecule has 0 unspecified atom stereocenters. The van der Waals surface area contributed by atoms with Crippen molar-refractivity contribution in [2.24, 2.45) is 47.3 Å². The summed E-state index contributed by atoms with van der Waals surface area (Å²) in [6.45, 7) is 13.4. The van der Waals surface area contributed by atoms with E-state index in [1.165, 1.54) is 27.7 Å². The summed E-state index contributed by atoms with van der Waals surface area (Å²) in [6.07, 6.45) is 10.3. The van der Waals surface area contributed by atoms with Crippen LogP contribution in [-0.2, 0) is 57.3 Å². The van der Waals surface area contributed by atoms with Crippen LogP contribution >= 0.6 is 90.4 Å². The summed E-state index contributed by atoms with van der Waals surface area (Å²) in [5, 5.41) is 0. The zero-order valence-electron chi connectivity index (χ0n) is 35.3. The fourth-order valence-electron chi connectivity index (χ4n) is 9.31. The molecule has 4 aliphatic carbocycles. The largest absolute Gasteiger partial charge is 0.458 e. The number of Topliss-reactive ketones (excluding diaryl/α,β-unsaturated/α-hetero) is 4. The van der Waals surface area contributed by atoms with E-state index in [0.29, 0.717) is 40.0 Å². The molecule has 0 aromatic heterocycles. The molecule has 0 radical (unpaired) electrons. The molecule has 0 fully saturated rings. The number of esters is 4. The van der Waals surface area contributed by atoms with E-state index in [1.807, 2.05) is 118 Å². The first-order valence-corrected chi connectivity index (χ1v) is 24.9. The number of carbonyl (C=O) groups excluding carboxylic acids is 8. The molecule has 12 nitrogen and oxygen atoms in total. The van der Waals surface area contributed by atoms with Gasteiger partial charge < -0.3 is 18.9 Å². The molecule has 0 amide bonds. The molecule has 0 N–H and O–H groups in total. The summed E-state index contributed by atoms with van der Waals surface area (Å²) >= 11 is 7.87. The van der Waals surface area contributed by atoms with Gasteiger partial charge in [0.2, 0.25) is 0 Å². The molecule has 12 atom stereocenters. The predicted octanol–water partition coefficient (Wildman–Crippen LogP) is 9.44. The lowest BCUT2D eigenvalue weighted by Gasteiger charge is -2.43. The van der Waals surface area contributed by atoms with E-state index < -0.39 is 72.0 Å². The van der Waals surface area contributed by atoms with Crippen LogP contribution in [0.5, 0.6) is 0 Å². The van der Waals surface area contributed by atoms with Crippen LogP contribution in [0.1, 0.15) is 107 Å². The molecule has 60 heavy (non-hydrogen) atoms. The molecule has 0 bridgehead atoms. The van der Waals surface area contributed by atoms with Crippen molar-refractivity contribution in [3.05, 3.63) is 38.6 Å². The van der Waals surface area contributed by atoms with Gasteiger partial charge in [0.05, 0.1) is 14.3 Å². The smallest absolute Gasteiger partial charge is 0.303 e. The second-order valence-corrected chi connectivity index (χ2v) is 20.4. The third kappa shape index (κ3) is 13.2. The van der Waals surface area contributed by atoms with Crippen molar-refractivity contribution in [1.82, 2.24) is 0 Å². The minimum absolute atomic E-state index is 0.0930. The van der Waals surface area contributed by atoms with Crippen LogP contribution in [0.3, 0.4) is 0 Å². The first-order valence-electron chi connectivity index (χ1n) is 20.6. The molecule has 16 heteroatoms. The molecular formula is C44H56I4O12. The van der Waals surface area contributed by atoms with Gasteiger partial charge in [0.25, 0.3) is 0 Å². The van der Waals surface area contributed by atoms with Gasteiger partial charge in [-0.2, -0.15) is 0 Å². The van der Waals surface area contributed by atoms with E-state index in [9.17, 15) is 38.4 Å². The summed E-state index contributed by atoms with van der Waals surface area (Å²) in [5.41, 5.74) is 0. The fraction of sp³-hybridized carbons (Fsp3) is 0.636. The van der Waals surface area contributed by atoms with E-state index in [2.05, 4.69) is 0 Å². The average Bonchev–Trinajstić information content (AvgIpc) is 3.14. The highest BCUT2D eigenvalue weighted by atomic mass is 127. The van der Waals surface area contributed by atoms with Gasteiger partial charge in [0, 0.05) is 75.0 Å². The second kappa shape index (κ2) is 24.5. The fourth-order valence-corrected chi connectivity index (χ4v) is 12.2. The lowest BCUT2D eigenvalue weighted by molar-refractivity contribution is -0.156. The third-order valence-corrected chi connectivity index (χ3v) is 15.0. The zero-order chi connectivity index (χ0) is 45.2. The first kappa shape index (κ1) is 52.8. The summed E-state index contributed by atoms with van der Waals surface area (Å²) < 4.78 is 24.2. The third-order valence-electron chi connectivity index (χ3n) is 11.4. The van der Waals surface area contributed by atoms with E-state index in [-0.39, 0.29) is 46.8 Å². The molecule has 4 aliphatic rings. The molecule has 4 rings (SSSR count). The van der Waals surface area contributed by atoms with Crippen LogP contribution < -0.4 is 0 Å². The monoisotopic (exact) mass is 1280 g/mol. The van der Waals surface area contributed by atoms with Gasteiger partial charge in [0.1, 0.15) is 24.4 Å². The van der Waals surface area contributed by atoms with Crippen molar-refractivity contribution in [2.45, 2.75) is 131 Å². The Kier molecular flexibility index (Phi) is 21.5. The van der Waals surface area contributed by atoms with E-state index in [0.717, 1.165) is 25.7 Å². The normalized spacial score (nSPS) is 31.7. The number of allylic oxidation sites excluding steroid dienone is 4. The maximum Gasteiger partial charge on any atom is 0.303 e. The highest BCUT2D eigenvalue weighted by Crippen LogP contribution is 2.49. The van der Waals surface area contributed by atoms with Gasteiger partial charge in [-0.15, -0.1) is 0 Å². The lowest BCUT2D eigenvalue weighted by Crippen LogP contribution is -2.50. The molecule has 0 aliphatic heterocycles. The van der Waals surface area contributed by atoms with Crippen LogP contribution in [-0.4, -0.2) is 71.4 Å². The van der Waals surface area contributed by atoms with E-state index in [1.54, 1.807) is 24.3 Å². The molecule has 0 aromatic rings. The predicted molar refractivity (Wildman–Crippen MR) is 258 cm³/mol. The molecule has 0 saturated heterocycles. The number of carbonyl (C=O) groups is 8. The van der Waals surface area contributed by atoms with Crippen molar-refractivity contribution >= 4 is 137 Å². The first-order chi connectivity index (χ1) is 28.2. The second-order valence-electron chi connectivity index (χ2n) is 15.7. The number of rotatable bonds is 14. The number of hydrogen-bond acceptors (Lipinski definition) is 12. The molecule has 0 spiro atoms. The van der Waals surface area contributed by atoms with Gasteiger partial charge in [-0.3, -0.25) is 38.4 Å². The van der Waals surface area contributed by atoms with Crippen LogP contribution in [0, 0.1) is 47.3 Å². The Hall–Kier alpha value is -1.56. The van der Waals surface area contributed by atoms with E-state index in [4.69, 9.17) is 18.9 Å². The van der Waals surface area contributed by atoms with Crippen molar-refractivity contribution in [3.63, 3.8) is 0 Å². The highest BCUT2D eigenvalue weighted by molar-refractivity contribution is 14.1. The Bertz CT molecular complexity index is 1540. The minimum Gasteiger partial charge on any atom is -0.458 e. The van der Waals surface area contributed by atoms with Crippen LogP contribution in [0.15, 0.2) is 38.6 Å². The van der Waals surface area contributed by atoms with E-state index >= 15 is 0 Å². The average molecular weight is 1280 g/mol. The zero-order valence-corrected chi connectivity index (χ0v) is 43.9. The molecule has 0 saturated carbocycles. The van der Waals surface area contributed by atoms with Crippen molar-refractivity contribution in [2.75, 3.05) is 0 Å². The molecule has 0 aromatic carbocycles. The number of hydrogen-bond donors (Lipinski definition) is 0. The topological polar surface area (TPSA) is 173 Å². The molecule has 332 valence electrons. The number of ketones is 4. The van der Waals surface area contributed by atoms with Crippen LogP contribution in [0.25, 0.3) is 0 Å². The molecule has 0 heterocycles. The van der Waals surface area contributed by atoms with Crippen molar-refractivity contribution in [1.29, 1.82) is 0 Å². The summed E-state index contributed by atoms with van der Waals surface area (Å²) in [4.78, 5) is 100. The lowest BCUT2D eigenvalue weighted by atomic mass is 9.62. The van der Waals surface area contributed by atoms with Crippen LogP contribution in [0.2, 0.25) is 0 Å². The highest BCUT2D eigenvalue weighted by Gasteiger charge is 2.54. The summed E-state index contributed by atoms with van der Waals surface area (Å²) in [7, 11) is 0. The number of ether oxygens (including phenoxy) is 4. The van der Waals surface area contributed by atoms with Gasteiger partial charge in [-0.1, -0.05) is 53.4 Å². The van der Waals surface area contributed by atoms with Gasteiger partial charge in [-0.05, 0) is 140 Å². The number of halogens is 4. The Morgan fingerprint density at radius 3 is 0.700 bits per heavy atom. The maximum atomic E-state index is 13.4. The van der Waals surface area contributed by atoms with Gasteiger partial charge in [-0.25, -0.2) is 0 Å². The van der Waals surface area contributed by atoms with Crippen molar-refractivity contribution in [3.8, 4) is 0 Å². The van der Waals surface area contributed by atoms with Gasteiger partial charge >= 0.3 is 23.9 Å². The summed E-state index contributed by atoms with van der Waals surface area (Å²) in [6, 6.07) is 0. The Morgan fingerprint density at radius 2 is 0.567 bits per heavy atom.